The molecule has 0 fully saturated rings. The molecule has 0 atom stereocenters. The fraction of sp³-hybridized carbons (Fsp3) is 0.500. The van der Waals surface area contributed by atoms with Crippen molar-refractivity contribution in [1.82, 2.24) is 5.32 Å². The van der Waals surface area contributed by atoms with Crippen LogP contribution in [0, 0.1) is 5.92 Å². The largest absolute Gasteiger partial charge is 0.488 e. The first-order chi connectivity index (χ1) is 9.02. The van der Waals surface area contributed by atoms with E-state index in [1.54, 1.807) is 0 Å². The van der Waals surface area contributed by atoms with Gasteiger partial charge in [-0.05, 0) is 58.1 Å². The lowest BCUT2D eigenvalue weighted by atomic mass is 10.2. The maximum Gasteiger partial charge on any atom is 0.133 e. The lowest BCUT2D eigenvalue weighted by Gasteiger charge is -2.11. The zero-order valence-corrected chi connectivity index (χ0v) is 13.7. The second-order valence-corrected chi connectivity index (χ2v) is 6.04. The van der Waals surface area contributed by atoms with E-state index >= 15 is 0 Å². The molecule has 0 unspecified atom stereocenters. The quantitative estimate of drug-likeness (QED) is 0.708. The van der Waals surface area contributed by atoms with Gasteiger partial charge in [0.15, 0.2) is 0 Å². The van der Waals surface area contributed by atoms with E-state index in [0.29, 0.717) is 12.5 Å². The van der Waals surface area contributed by atoms with Crippen LogP contribution in [0.4, 0.5) is 0 Å². The standard InChI is InChI=1S/C16H24BrNO/c1-5-13(4)11-19-16-7-6-14(8-15(16)17)10-18-9-12(2)3/h6-8,12,18H,4-5,9-11H2,1-3H3. The van der Waals surface area contributed by atoms with Gasteiger partial charge in [-0.25, -0.2) is 0 Å². The van der Waals surface area contributed by atoms with E-state index in [-0.39, 0.29) is 0 Å². The molecule has 1 N–H and O–H groups in total. The van der Waals surface area contributed by atoms with Gasteiger partial charge in [0.25, 0.3) is 0 Å². The average Bonchev–Trinajstić information content (AvgIpc) is 2.37. The summed E-state index contributed by atoms with van der Waals surface area (Å²) in [6.45, 7) is 13.0. The van der Waals surface area contributed by atoms with Crippen molar-refractivity contribution in [3.05, 3.63) is 40.4 Å². The van der Waals surface area contributed by atoms with Crippen LogP contribution in [0.15, 0.2) is 34.8 Å². The van der Waals surface area contributed by atoms with Crippen LogP contribution in [-0.2, 0) is 6.54 Å². The van der Waals surface area contributed by atoms with Gasteiger partial charge in [0.2, 0.25) is 0 Å². The smallest absolute Gasteiger partial charge is 0.133 e. The summed E-state index contributed by atoms with van der Waals surface area (Å²) in [7, 11) is 0. The van der Waals surface area contributed by atoms with Gasteiger partial charge in [-0.1, -0.05) is 33.4 Å². The van der Waals surface area contributed by atoms with Gasteiger partial charge >= 0.3 is 0 Å². The van der Waals surface area contributed by atoms with Crippen molar-refractivity contribution in [2.75, 3.05) is 13.2 Å². The summed E-state index contributed by atoms with van der Waals surface area (Å²) >= 11 is 3.56. The molecule has 1 aromatic rings. The summed E-state index contributed by atoms with van der Waals surface area (Å²) < 4.78 is 6.72. The highest BCUT2D eigenvalue weighted by molar-refractivity contribution is 9.10. The normalized spacial score (nSPS) is 10.8. The molecule has 0 saturated carbocycles. The van der Waals surface area contributed by atoms with Crippen LogP contribution in [0.3, 0.4) is 0 Å². The van der Waals surface area contributed by atoms with Crippen molar-refractivity contribution in [3.63, 3.8) is 0 Å². The molecule has 0 aliphatic carbocycles. The highest BCUT2D eigenvalue weighted by atomic mass is 79.9. The highest BCUT2D eigenvalue weighted by Crippen LogP contribution is 2.26. The Labute approximate surface area is 125 Å². The van der Waals surface area contributed by atoms with Crippen molar-refractivity contribution < 1.29 is 4.74 Å². The Balaban J connectivity index is 2.51. The fourth-order valence-corrected chi connectivity index (χ4v) is 2.10. The summed E-state index contributed by atoms with van der Waals surface area (Å²) in [5, 5.41) is 3.43. The minimum Gasteiger partial charge on any atom is -0.488 e. The lowest BCUT2D eigenvalue weighted by molar-refractivity contribution is 0.347. The van der Waals surface area contributed by atoms with Gasteiger partial charge in [-0.15, -0.1) is 0 Å². The lowest BCUT2D eigenvalue weighted by Crippen LogP contribution is -2.18. The summed E-state index contributed by atoms with van der Waals surface area (Å²) in [5.74, 6) is 1.55. The molecule has 19 heavy (non-hydrogen) atoms. The summed E-state index contributed by atoms with van der Waals surface area (Å²) in [6, 6.07) is 6.22. The van der Waals surface area contributed by atoms with E-state index in [4.69, 9.17) is 4.74 Å². The zero-order chi connectivity index (χ0) is 14.3. The molecule has 0 aromatic heterocycles. The van der Waals surface area contributed by atoms with Crippen LogP contribution in [0.25, 0.3) is 0 Å². The molecule has 106 valence electrons. The summed E-state index contributed by atoms with van der Waals surface area (Å²) in [6.07, 6.45) is 0.953. The zero-order valence-electron chi connectivity index (χ0n) is 12.1. The number of rotatable bonds is 8. The molecule has 1 rings (SSSR count). The first-order valence-electron chi connectivity index (χ1n) is 6.81. The molecule has 0 heterocycles. The molecule has 0 aliphatic rings. The Morgan fingerprint density at radius 3 is 2.74 bits per heavy atom. The number of benzene rings is 1. The minimum atomic E-state index is 0.583. The second kappa shape index (κ2) is 8.39. The van der Waals surface area contributed by atoms with Crippen LogP contribution in [0.5, 0.6) is 5.75 Å². The molecule has 0 radical (unpaired) electrons. The molecular formula is C16H24BrNO. The Morgan fingerprint density at radius 2 is 2.16 bits per heavy atom. The van der Waals surface area contributed by atoms with Crippen molar-refractivity contribution in [3.8, 4) is 5.75 Å². The molecule has 0 aliphatic heterocycles. The number of hydrogen-bond donors (Lipinski definition) is 1. The number of hydrogen-bond acceptors (Lipinski definition) is 2. The van der Waals surface area contributed by atoms with Crippen LogP contribution in [-0.4, -0.2) is 13.2 Å². The van der Waals surface area contributed by atoms with Crippen LogP contribution in [0.1, 0.15) is 32.8 Å². The SMILES string of the molecule is C=C(CC)COc1ccc(CNCC(C)C)cc1Br. The molecule has 0 amide bonds. The molecule has 0 bridgehead atoms. The van der Waals surface area contributed by atoms with Crippen LogP contribution in [0.2, 0.25) is 0 Å². The number of ether oxygens (including phenoxy) is 1. The van der Waals surface area contributed by atoms with Gasteiger partial charge < -0.3 is 10.1 Å². The van der Waals surface area contributed by atoms with Crippen LogP contribution >= 0.6 is 15.9 Å². The maximum atomic E-state index is 5.72. The molecular weight excluding hydrogens is 302 g/mol. The van der Waals surface area contributed by atoms with Gasteiger partial charge in [0, 0.05) is 6.54 Å². The minimum absolute atomic E-state index is 0.583. The Morgan fingerprint density at radius 1 is 1.42 bits per heavy atom. The average molecular weight is 326 g/mol. The first-order valence-corrected chi connectivity index (χ1v) is 7.60. The van der Waals surface area contributed by atoms with Gasteiger partial charge in [-0.2, -0.15) is 0 Å². The van der Waals surface area contributed by atoms with Crippen LogP contribution < -0.4 is 10.1 Å². The maximum absolute atomic E-state index is 5.72. The van der Waals surface area contributed by atoms with E-state index in [1.807, 2.05) is 6.07 Å². The predicted octanol–water partition coefficient (Wildman–Crippen LogP) is 4.54. The van der Waals surface area contributed by atoms with E-state index < -0.39 is 0 Å². The van der Waals surface area contributed by atoms with Gasteiger partial charge in [0.05, 0.1) is 4.47 Å². The van der Waals surface area contributed by atoms with E-state index in [0.717, 1.165) is 35.3 Å². The third kappa shape index (κ3) is 6.26. The van der Waals surface area contributed by atoms with Crippen molar-refractivity contribution in [2.24, 2.45) is 5.92 Å². The van der Waals surface area contributed by atoms with E-state index in [2.05, 4.69) is 60.7 Å². The number of nitrogens with one attached hydrogen (secondary N) is 1. The monoisotopic (exact) mass is 325 g/mol. The Hall–Kier alpha value is -0.800. The Bertz CT molecular complexity index is 415. The van der Waals surface area contributed by atoms with Crippen molar-refractivity contribution in [2.45, 2.75) is 33.7 Å². The molecule has 3 heteroatoms. The van der Waals surface area contributed by atoms with Crippen molar-refractivity contribution in [1.29, 1.82) is 0 Å². The number of halogens is 1. The summed E-state index contributed by atoms with van der Waals surface area (Å²) in [5.41, 5.74) is 2.36. The summed E-state index contributed by atoms with van der Waals surface area (Å²) in [4.78, 5) is 0. The predicted molar refractivity (Wildman–Crippen MR) is 85.6 cm³/mol. The highest BCUT2D eigenvalue weighted by Gasteiger charge is 2.03. The van der Waals surface area contributed by atoms with E-state index in [1.165, 1.54) is 5.56 Å². The molecule has 1 aromatic carbocycles. The van der Waals surface area contributed by atoms with Gasteiger partial charge in [-0.3, -0.25) is 0 Å². The third-order valence-corrected chi connectivity index (χ3v) is 3.43. The molecule has 0 spiro atoms. The fourth-order valence-electron chi connectivity index (χ4n) is 1.56. The second-order valence-electron chi connectivity index (χ2n) is 5.18. The molecule has 2 nitrogen and oxygen atoms in total. The van der Waals surface area contributed by atoms with Gasteiger partial charge in [0.1, 0.15) is 12.4 Å². The van der Waals surface area contributed by atoms with E-state index in [9.17, 15) is 0 Å². The third-order valence-electron chi connectivity index (χ3n) is 2.81. The first kappa shape index (κ1) is 16.3. The molecule has 0 saturated heterocycles. The topological polar surface area (TPSA) is 21.3 Å². The van der Waals surface area contributed by atoms with Crippen molar-refractivity contribution >= 4 is 15.9 Å². The Kier molecular flexibility index (Phi) is 7.17.